The number of nitrogens with one attached hydrogen (secondary N) is 2. The van der Waals surface area contributed by atoms with Gasteiger partial charge in [0, 0.05) is 55.6 Å². The lowest BCUT2D eigenvalue weighted by Crippen LogP contribution is -2.54. The van der Waals surface area contributed by atoms with E-state index in [2.05, 4.69) is 56.8 Å². The molecule has 4 amide bonds. The molecule has 2 aromatic heterocycles. The fourth-order valence-corrected chi connectivity index (χ4v) is 6.83. The number of nitrogens with zero attached hydrogens (tertiary/aromatic N) is 5. The summed E-state index contributed by atoms with van der Waals surface area (Å²) in [6.07, 6.45) is 3.33. The number of imide groups is 2. The van der Waals surface area contributed by atoms with E-state index in [1.807, 2.05) is 36.4 Å². The lowest BCUT2D eigenvalue weighted by molar-refractivity contribution is -0.136. The molecule has 3 aromatic carbocycles. The first-order valence-electron chi connectivity index (χ1n) is 17.3. The highest BCUT2D eigenvalue weighted by Gasteiger charge is 2.45. The Labute approximate surface area is 303 Å². The molecule has 2 aliphatic heterocycles. The molecule has 1 unspecified atom stereocenters. The smallest absolute Gasteiger partial charge is 0.285 e. The van der Waals surface area contributed by atoms with E-state index in [4.69, 9.17) is 13.9 Å². The Balaban J connectivity index is 0.839. The van der Waals surface area contributed by atoms with Crippen LogP contribution in [0.5, 0.6) is 17.4 Å². The molecule has 5 aromatic rings. The third kappa shape index (κ3) is 6.59. The van der Waals surface area contributed by atoms with Gasteiger partial charge in [0.15, 0.2) is 0 Å². The van der Waals surface area contributed by atoms with E-state index in [0.717, 1.165) is 34.6 Å². The predicted molar refractivity (Wildman–Crippen MR) is 189 cm³/mol. The molecule has 8 rings (SSSR count). The zero-order chi connectivity index (χ0) is 36.9. The molecule has 4 heterocycles. The Bertz CT molecular complexity index is 2250. The van der Waals surface area contributed by atoms with Gasteiger partial charge in [0.2, 0.25) is 29.4 Å². The minimum absolute atomic E-state index is 0.0293. The minimum Gasteiger partial charge on any atom is -0.490 e. The third-order valence-corrected chi connectivity index (χ3v) is 9.93. The summed E-state index contributed by atoms with van der Waals surface area (Å²) in [5.74, 6) is 0.637. The van der Waals surface area contributed by atoms with E-state index in [9.17, 15) is 19.2 Å². The van der Waals surface area contributed by atoms with Gasteiger partial charge in [-0.3, -0.25) is 29.4 Å². The van der Waals surface area contributed by atoms with Crippen molar-refractivity contribution in [2.24, 2.45) is 0 Å². The number of carbonyl (C=O) groups excluding carboxylic acids is 4. The number of hydrogen-bond acceptors (Lipinski definition) is 12. The van der Waals surface area contributed by atoms with Gasteiger partial charge in [-0.2, -0.15) is 4.98 Å². The summed E-state index contributed by atoms with van der Waals surface area (Å²) in [5.41, 5.74) is 3.16. The zero-order valence-electron chi connectivity index (χ0n) is 29.2. The van der Waals surface area contributed by atoms with Crippen LogP contribution in [0, 0.1) is 6.92 Å². The Hall–Kier alpha value is -6.44. The lowest BCUT2D eigenvalue weighted by atomic mass is 9.78. The van der Waals surface area contributed by atoms with Gasteiger partial charge < -0.3 is 19.2 Å². The zero-order valence-corrected chi connectivity index (χ0v) is 29.2. The number of piperidine rings is 1. The van der Waals surface area contributed by atoms with Crippen LogP contribution in [0.2, 0.25) is 0 Å². The second kappa shape index (κ2) is 13.3. The molecule has 268 valence electrons. The van der Waals surface area contributed by atoms with E-state index >= 15 is 0 Å². The Morgan fingerprint density at radius 3 is 2.25 bits per heavy atom. The molecule has 1 atom stereocenters. The fraction of sp³-hybridized carbons (Fsp3) is 0.282. The summed E-state index contributed by atoms with van der Waals surface area (Å²) in [6.45, 7) is 6.03. The second-order valence-electron chi connectivity index (χ2n) is 13.9. The van der Waals surface area contributed by atoms with Gasteiger partial charge in [-0.05, 0) is 60.0 Å². The van der Waals surface area contributed by atoms with Gasteiger partial charge in [0.1, 0.15) is 23.6 Å². The number of amides is 4. The molecule has 0 radical (unpaired) electrons. The number of anilines is 1. The van der Waals surface area contributed by atoms with Gasteiger partial charge in [-0.15, -0.1) is 10.2 Å². The van der Waals surface area contributed by atoms with Crippen molar-refractivity contribution in [3.05, 3.63) is 107 Å². The number of hydrogen-bond donors (Lipinski definition) is 2. The van der Waals surface area contributed by atoms with Gasteiger partial charge in [0.05, 0.1) is 11.1 Å². The quantitative estimate of drug-likeness (QED) is 0.177. The third-order valence-electron chi connectivity index (χ3n) is 9.93. The summed E-state index contributed by atoms with van der Waals surface area (Å²) in [4.78, 5) is 59.6. The maximum Gasteiger partial charge on any atom is 0.285 e. The minimum atomic E-state index is -0.991. The van der Waals surface area contributed by atoms with Gasteiger partial charge in [0.25, 0.3) is 17.7 Å². The summed E-state index contributed by atoms with van der Waals surface area (Å²) < 4.78 is 17.7. The van der Waals surface area contributed by atoms with Crippen molar-refractivity contribution in [3.8, 4) is 29.1 Å². The molecular weight excluding hydrogens is 678 g/mol. The molecule has 2 N–H and O–H groups in total. The van der Waals surface area contributed by atoms with Gasteiger partial charge in [-0.1, -0.05) is 38.1 Å². The number of ether oxygens (including phenoxy) is 2. The van der Waals surface area contributed by atoms with Crippen LogP contribution in [-0.4, -0.2) is 66.9 Å². The SMILES string of the molecule is Cc1nnc(-c2nccc(Oc3ccc(C(C)(C)c4ccc(O[C@H]5C[C@H](Nc6ccc7c(c6)C(=O)N(C6CCC(=O)NC6=O)C7=O)C5)cc4)cc3)n2)o1. The number of fused-ring (bicyclic) bond motifs is 1. The van der Waals surface area contributed by atoms with Crippen LogP contribution in [0.4, 0.5) is 5.69 Å². The van der Waals surface area contributed by atoms with Crippen molar-refractivity contribution in [2.45, 2.75) is 70.1 Å². The number of carbonyl (C=O) groups is 4. The van der Waals surface area contributed by atoms with Crippen molar-refractivity contribution in [1.82, 2.24) is 30.4 Å². The van der Waals surface area contributed by atoms with Crippen LogP contribution in [0.25, 0.3) is 11.7 Å². The second-order valence-corrected chi connectivity index (χ2v) is 13.9. The van der Waals surface area contributed by atoms with Gasteiger partial charge in [-0.25, -0.2) is 4.98 Å². The van der Waals surface area contributed by atoms with Crippen molar-refractivity contribution in [3.63, 3.8) is 0 Å². The topological polar surface area (TPSA) is 179 Å². The molecule has 0 bridgehead atoms. The fourth-order valence-electron chi connectivity index (χ4n) is 6.83. The molecule has 3 aliphatic rings. The van der Waals surface area contributed by atoms with Crippen molar-refractivity contribution in [1.29, 1.82) is 0 Å². The molecule has 1 saturated heterocycles. The van der Waals surface area contributed by atoms with E-state index < -0.39 is 29.7 Å². The molecule has 14 nitrogen and oxygen atoms in total. The predicted octanol–water partition coefficient (Wildman–Crippen LogP) is 5.38. The first-order chi connectivity index (χ1) is 25.5. The highest BCUT2D eigenvalue weighted by molar-refractivity contribution is 6.23. The normalized spacial score (nSPS) is 19.8. The molecular formula is C39H35N7O7. The Morgan fingerprint density at radius 2 is 1.57 bits per heavy atom. The highest BCUT2D eigenvalue weighted by atomic mass is 16.5. The van der Waals surface area contributed by atoms with E-state index in [0.29, 0.717) is 29.0 Å². The Kier molecular flexibility index (Phi) is 8.44. The monoisotopic (exact) mass is 713 g/mol. The maximum absolute atomic E-state index is 13.2. The molecule has 1 saturated carbocycles. The molecule has 53 heavy (non-hydrogen) atoms. The summed E-state index contributed by atoms with van der Waals surface area (Å²) in [5, 5.41) is 13.4. The van der Waals surface area contributed by atoms with Crippen LogP contribution in [-0.2, 0) is 15.0 Å². The molecule has 2 fully saturated rings. The standard InChI is InChI=1S/C39H35N7O7/c1-21-44-45-36(51-21)34-40-17-16-33(43-34)53-27-11-6-23(7-12-27)39(2,3)22-4-9-26(10-5-22)52-28-18-25(19-28)41-24-8-13-29-30(20-24)38(50)46(37(29)49)31-14-15-32(47)42-35(31)48/h4-13,16-17,20,25,28,31,41H,14-15,18-19H2,1-3H3,(H,42,47,48)/t25-,28-,31?. The van der Waals surface area contributed by atoms with Crippen LogP contribution in [0.15, 0.2) is 83.4 Å². The molecule has 14 heteroatoms. The average molecular weight is 714 g/mol. The van der Waals surface area contributed by atoms with Crippen LogP contribution < -0.4 is 20.1 Å². The highest BCUT2D eigenvalue weighted by Crippen LogP contribution is 2.36. The number of benzene rings is 3. The summed E-state index contributed by atoms with van der Waals surface area (Å²) in [6, 6.07) is 21.9. The van der Waals surface area contributed by atoms with Crippen molar-refractivity contribution < 1.29 is 33.1 Å². The Morgan fingerprint density at radius 1 is 0.868 bits per heavy atom. The first-order valence-corrected chi connectivity index (χ1v) is 17.3. The summed E-state index contributed by atoms with van der Waals surface area (Å²) in [7, 11) is 0. The van der Waals surface area contributed by atoms with Crippen LogP contribution in [0.3, 0.4) is 0 Å². The van der Waals surface area contributed by atoms with Crippen molar-refractivity contribution in [2.75, 3.05) is 5.32 Å². The largest absolute Gasteiger partial charge is 0.490 e. The molecule has 1 aliphatic carbocycles. The average Bonchev–Trinajstić information content (AvgIpc) is 3.67. The summed E-state index contributed by atoms with van der Waals surface area (Å²) >= 11 is 0. The molecule has 0 spiro atoms. The number of aryl methyl sites for hydroxylation is 1. The van der Waals surface area contributed by atoms with E-state index in [1.165, 1.54) is 0 Å². The maximum atomic E-state index is 13.2. The van der Waals surface area contributed by atoms with Crippen LogP contribution in [0.1, 0.15) is 77.3 Å². The van der Waals surface area contributed by atoms with Gasteiger partial charge >= 0.3 is 0 Å². The number of rotatable bonds is 10. The van der Waals surface area contributed by atoms with E-state index in [1.54, 1.807) is 37.4 Å². The van der Waals surface area contributed by atoms with Crippen molar-refractivity contribution >= 4 is 29.3 Å². The number of aromatic nitrogens is 4. The lowest BCUT2D eigenvalue weighted by Gasteiger charge is -2.36. The first kappa shape index (κ1) is 33.7. The van der Waals surface area contributed by atoms with Crippen LogP contribution >= 0.6 is 0 Å². The van der Waals surface area contributed by atoms with E-state index in [-0.39, 0.29) is 47.4 Å².